The smallest absolute Gasteiger partial charge is 0.307 e. The number of nitrogens with one attached hydrogen (secondary N) is 2. The van der Waals surface area contributed by atoms with Crippen molar-refractivity contribution in [3.05, 3.63) is 17.0 Å². The summed E-state index contributed by atoms with van der Waals surface area (Å²) in [6.45, 7) is 2.31. The van der Waals surface area contributed by atoms with Crippen molar-refractivity contribution in [3.8, 4) is 0 Å². The molecule has 7 heteroatoms. The van der Waals surface area contributed by atoms with Crippen LogP contribution in [0.4, 0.5) is 5.00 Å². The zero-order valence-electron chi connectivity index (χ0n) is 11.8. The SMILES string of the molecule is CCOC(=O)CCNC(=O)c1ccc(NC(=O)C2CC2)s1. The fraction of sp³-hybridized carbons (Fsp3) is 0.500. The van der Waals surface area contributed by atoms with Crippen molar-refractivity contribution in [3.63, 3.8) is 0 Å². The van der Waals surface area contributed by atoms with E-state index in [1.54, 1.807) is 19.1 Å². The molecule has 2 amide bonds. The second-order valence-corrected chi connectivity index (χ2v) is 5.82. The first-order valence-corrected chi connectivity index (χ1v) is 7.76. The summed E-state index contributed by atoms with van der Waals surface area (Å²) >= 11 is 1.22. The van der Waals surface area contributed by atoms with Gasteiger partial charge in [0.25, 0.3) is 5.91 Å². The van der Waals surface area contributed by atoms with E-state index in [4.69, 9.17) is 4.74 Å². The van der Waals surface area contributed by atoms with Crippen molar-refractivity contribution < 1.29 is 19.1 Å². The first-order chi connectivity index (χ1) is 10.1. The molecule has 1 fully saturated rings. The van der Waals surface area contributed by atoms with Gasteiger partial charge in [-0.2, -0.15) is 0 Å². The van der Waals surface area contributed by atoms with E-state index in [0.29, 0.717) is 16.5 Å². The molecule has 2 rings (SSSR count). The van der Waals surface area contributed by atoms with Crippen LogP contribution in [0.25, 0.3) is 0 Å². The molecule has 114 valence electrons. The molecule has 0 aromatic carbocycles. The summed E-state index contributed by atoms with van der Waals surface area (Å²) in [5.41, 5.74) is 0. The van der Waals surface area contributed by atoms with Gasteiger partial charge in [0.1, 0.15) is 0 Å². The van der Waals surface area contributed by atoms with Crippen LogP contribution in [0.2, 0.25) is 0 Å². The summed E-state index contributed by atoms with van der Waals surface area (Å²) < 4.78 is 4.77. The minimum Gasteiger partial charge on any atom is -0.466 e. The van der Waals surface area contributed by atoms with E-state index in [1.165, 1.54) is 11.3 Å². The van der Waals surface area contributed by atoms with Gasteiger partial charge in [-0.1, -0.05) is 0 Å². The number of ether oxygens (including phenoxy) is 1. The van der Waals surface area contributed by atoms with Crippen molar-refractivity contribution in [1.29, 1.82) is 0 Å². The maximum absolute atomic E-state index is 11.9. The molecule has 1 aromatic rings. The Morgan fingerprint density at radius 3 is 2.76 bits per heavy atom. The van der Waals surface area contributed by atoms with Gasteiger partial charge in [-0.25, -0.2) is 0 Å². The Balaban J connectivity index is 1.76. The molecule has 0 radical (unpaired) electrons. The van der Waals surface area contributed by atoms with Crippen molar-refractivity contribution >= 4 is 34.1 Å². The van der Waals surface area contributed by atoms with Crippen LogP contribution in [-0.4, -0.2) is 30.9 Å². The van der Waals surface area contributed by atoms with E-state index in [9.17, 15) is 14.4 Å². The molecule has 1 heterocycles. The predicted octanol–water partition coefficient (Wildman–Crippen LogP) is 1.78. The molecule has 1 aliphatic rings. The van der Waals surface area contributed by atoms with Crippen LogP contribution in [0, 0.1) is 5.92 Å². The average Bonchev–Trinajstić information content (AvgIpc) is 3.20. The highest BCUT2D eigenvalue weighted by Gasteiger charge is 2.29. The summed E-state index contributed by atoms with van der Waals surface area (Å²) in [7, 11) is 0. The Morgan fingerprint density at radius 2 is 2.10 bits per heavy atom. The number of rotatable bonds is 7. The van der Waals surface area contributed by atoms with Crippen molar-refractivity contribution in [2.24, 2.45) is 5.92 Å². The average molecular weight is 310 g/mol. The van der Waals surface area contributed by atoms with Crippen LogP contribution in [0.5, 0.6) is 0 Å². The van der Waals surface area contributed by atoms with Gasteiger partial charge in [-0.3, -0.25) is 14.4 Å². The number of carbonyl (C=O) groups is 3. The van der Waals surface area contributed by atoms with Gasteiger partial charge < -0.3 is 15.4 Å². The molecule has 0 spiro atoms. The molecule has 1 aliphatic carbocycles. The molecule has 0 unspecified atom stereocenters. The molecule has 0 saturated heterocycles. The molecular weight excluding hydrogens is 292 g/mol. The molecular formula is C14H18N2O4S. The predicted molar refractivity (Wildman–Crippen MR) is 79.3 cm³/mol. The van der Waals surface area contributed by atoms with Crippen LogP contribution in [0.1, 0.15) is 35.9 Å². The Morgan fingerprint density at radius 1 is 1.33 bits per heavy atom. The lowest BCUT2D eigenvalue weighted by molar-refractivity contribution is -0.142. The Labute approximate surface area is 126 Å². The van der Waals surface area contributed by atoms with Crippen molar-refractivity contribution in [2.45, 2.75) is 26.2 Å². The van der Waals surface area contributed by atoms with Crippen LogP contribution in [-0.2, 0) is 14.3 Å². The maximum Gasteiger partial charge on any atom is 0.307 e. The number of esters is 1. The maximum atomic E-state index is 11.9. The lowest BCUT2D eigenvalue weighted by Gasteiger charge is -2.03. The highest BCUT2D eigenvalue weighted by Crippen LogP contribution is 2.31. The zero-order chi connectivity index (χ0) is 15.2. The lowest BCUT2D eigenvalue weighted by atomic mass is 10.4. The lowest BCUT2D eigenvalue weighted by Crippen LogP contribution is -2.25. The first-order valence-electron chi connectivity index (χ1n) is 6.94. The third-order valence-corrected chi connectivity index (χ3v) is 3.94. The topological polar surface area (TPSA) is 84.5 Å². The number of thiophene rings is 1. The van der Waals surface area contributed by atoms with E-state index in [0.717, 1.165) is 12.8 Å². The number of hydrogen-bond donors (Lipinski definition) is 2. The fourth-order valence-corrected chi connectivity index (χ4v) is 2.52. The summed E-state index contributed by atoms with van der Waals surface area (Å²) in [6.07, 6.45) is 2.03. The van der Waals surface area contributed by atoms with Gasteiger partial charge in [-0.15, -0.1) is 11.3 Å². The van der Waals surface area contributed by atoms with Crippen LogP contribution < -0.4 is 10.6 Å². The minimum absolute atomic E-state index is 0.0196. The number of anilines is 1. The normalized spacial score (nSPS) is 13.6. The third-order valence-electron chi connectivity index (χ3n) is 2.94. The summed E-state index contributed by atoms with van der Waals surface area (Å²) in [6, 6.07) is 3.37. The Hall–Kier alpha value is -1.89. The molecule has 6 nitrogen and oxygen atoms in total. The van der Waals surface area contributed by atoms with Crippen LogP contribution in [0.3, 0.4) is 0 Å². The molecule has 0 atom stereocenters. The first kappa shape index (κ1) is 15.5. The van der Waals surface area contributed by atoms with E-state index >= 15 is 0 Å². The van der Waals surface area contributed by atoms with Crippen LogP contribution in [0.15, 0.2) is 12.1 Å². The second kappa shape index (κ2) is 7.21. The molecule has 2 N–H and O–H groups in total. The van der Waals surface area contributed by atoms with Gasteiger partial charge in [0.15, 0.2) is 0 Å². The summed E-state index contributed by atoms with van der Waals surface area (Å²) in [4.78, 5) is 35.1. The zero-order valence-corrected chi connectivity index (χ0v) is 12.6. The molecule has 21 heavy (non-hydrogen) atoms. The standard InChI is InChI=1S/C14H18N2O4S/c1-2-20-12(17)7-8-15-14(19)10-5-6-11(21-10)16-13(18)9-3-4-9/h5-6,9H,2-4,7-8H2,1H3,(H,15,19)(H,16,18). The molecule has 1 saturated carbocycles. The van der Waals surface area contributed by atoms with Gasteiger partial charge >= 0.3 is 5.97 Å². The van der Waals surface area contributed by atoms with E-state index in [2.05, 4.69) is 10.6 Å². The minimum atomic E-state index is -0.332. The highest BCUT2D eigenvalue weighted by atomic mass is 32.1. The Bertz CT molecular complexity index is 537. The van der Waals surface area contributed by atoms with E-state index < -0.39 is 0 Å². The highest BCUT2D eigenvalue weighted by molar-refractivity contribution is 7.18. The number of carbonyl (C=O) groups excluding carboxylic acids is 3. The Kier molecular flexibility index (Phi) is 5.32. The van der Waals surface area contributed by atoms with Gasteiger partial charge in [0.2, 0.25) is 5.91 Å². The van der Waals surface area contributed by atoms with Gasteiger partial charge in [0.05, 0.1) is 22.9 Å². The van der Waals surface area contributed by atoms with Crippen molar-refractivity contribution in [1.82, 2.24) is 5.32 Å². The number of hydrogen-bond acceptors (Lipinski definition) is 5. The molecule has 0 bridgehead atoms. The van der Waals surface area contributed by atoms with Gasteiger partial charge in [-0.05, 0) is 31.9 Å². The monoisotopic (exact) mass is 310 g/mol. The molecule has 1 aromatic heterocycles. The van der Waals surface area contributed by atoms with Crippen molar-refractivity contribution in [2.75, 3.05) is 18.5 Å². The van der Waals surface area contributed by atoms with E-state index in [1.807, 2.05) is 0 Å². The summed E-state index contributed by atoms with van der Waals surface area (Å²) in [5.74, 6) is -0.433. The number of amides is 2. The van der Waals surface area contributed by atoms with E-state index in [-0.39, 0.29) is 36.7 Å². The second-order valence-electron chi connectivity index (χ2n) is 4.74. The summed E-state index contributed by atoms with van der Waals surface area (Å²) in [5, 5.41) is 6.11. The van der Waals surface area contributed by atoms with Gasteiger partial charge in [0, 0.05) is 12.5 Å². The quantitative estimate of drug-likeness (QED) is 0.752. The largest absolute Gasteiger partial charge is 0.466 e. The fourth-order valence-electron chi connectivity index (χ4n) is 1.69. The third kappa shape index (κ3) is 4.86. The molecule has 0 aliphatic heterocycles. The van der Waals surface area contributed by atoms with Crippen LogP contribution >= 0.6 is 11.3 Å².